The van der Waals surface area contributed by atoms with Crippen LogP contribution in [-0.2, 0) is 10.0 Å². The van der Waals surface area contributed by atoms with Crippen molar-refractivity contribution < 1.29 is 22.7 Å². The Morgan fingerprint density at radius 2 is 1.82 bits per heavy atom. The molecule has 1 saturated heterocycles. The van der Waals surface area contributed by atoms with Gasteiger partial charge in [0, 0.05) is 13.0 Å². The quantitative estimate of drug-likeness (QED) is 0.696. The Morgan fingerprint density at radius 3 is 2.64 bits per heavy atom. The second-order valence-electron chi connectivity index (χ2n) is 7.30. The molecule has 2 aromatic carbocycles. The van der Waals surface area contributed by atoms with Crippen molar-refractivity contribution in [3.63, 3.8) is 0 Å². The average Bonchev–Trinajstić information content (AvgIpc) is 3.10. The fraction of sp³-hybridized carbons (Fsp3) is 0.381. The minimum atomic E-state index is -3.42. The number of hydrogen-bond donors (Lipinski definition) is 0. The predicted molar refractivity (Wildman–Crippen MR) is 105 cm³/mol. The third kappa shape index (κ3) is 3.91. The van der Waals surface area contributed by atoms with Crippen molar-refractivity contribution in [2.75, 3.05) is 25.4 Å². The van der Waals surface area contributed by atoms with Gasteiger partial charge in [-0.1, -0.05) is 30.3 Å². The maximum Gasteiger partial charge on any atom is 0.214 e. The third-order valence-corrected chi connectivity index (χ3v) is 7.13. The lowest BCUT2D eigenvalue weighted by Gasteiger charge is -2.34. The summed E-state index contributed by atoms with van der Waals surface area (Å²) in [6.45, 7) is 0.927. The van der Waals surface area contributed by atoms with Gasteiger partial charge in [0.25, 0.3) is 0 Å². The predicted octanol–water partition coefficient (Wildman–Crippen LogP) is 2.90. The molecule has 1 atom stereocenters. The van der Waals surface area contributed by atoms with Gasteiger partial charge in [0.15, 0.2) is 5.78 Å². The van der Waals surface area contributed by atoms with Crippen molar-refractivity contribution >= 4 is 15.8 Å². The van der Waals surface area contributed by atoms with E-state index in [4.69, 9.17) is 9.47 Å². The van der Waals surface area contributed by atoms with E-state index in [0.717, 1.165) is 5.75 Å². The van der Waals surface area contributed by atoms with Crippen LogP contribution in [0.5, 0.6) is 11.5 Å². The number of ketones is 1. The van der Waals surface area contributed by atoms with E-state index in [-0.39, 0.29) is 24.5 Å². The molecule has 0 saturated carbocycles. The van der Waals surface area contributed by atoms with Crippen molar-refractivity contribution in [2.24, 2.45) is 0 Å². The first kappa shape index (κ1) is 19.0. The minimum Gasteiger partial charge on any atom is -0.494 e. The Hall–Kier alpha value is -2.38. The van der Waals surface area contributed by atoms with Crippen LogP contribution in [-0.4, -0.2) is 49.6 Å². The molecule has 0 amide bonds. The van der Waals surface area contributed by atoms with Gasteiger partial charge in [-0.25, -0.2) is 8.42 Å². The van der Waals surface area contributed by atoms with Crippen LogP contribution in [0.15, 0.2) is 54.6 Å². The molecule has 1 spiro atoms. The molecule has 2 aromatic rings. The van der Waals surface area contributed by atoms with Crippen molar-refractivity contribution in [1.29, 1.82) is 0 Å². The number of carbonyl (C=O) groups is 1. The van der Waals surface area contributed by atoms with Gasteiger partial charge in [-0.3, -0.25) is 4.79 Å². The van der Waals surface area contributed by atoms with Crippen LogP contribution in [0.1, 0.15) is 29.6 Å². The van der Waals surface area contributed by atoms with Gasteiger partial charge in [-0.2, -0.15) is 4.31 Å². The van der Waals surface area contributed by atoms with Gasteiger partial charge >= 0.3 is 0 Å². The number of Topliss-reactive ketones (excluding diaryl/α,β-unsaturated/α-hetero) is 1. The zero-order valence-corrected chi connectivity index (χ0v) is 16.4. The van der Waals surface area contributed by atoms with E-state index in [9.17, 15) is 13.2 Å². The van der Waals surface area contributed by atoms with Crippen LogP contribution in [0.3, 0.4) is 0 Å². The molecule has 6 nitrogen and oxygen atoms in total. The van der Waals surface area contributed by atoms with Crippen LogP contribution in [0, 0.1) is 0 Å². The van der Waals surface area contributed by atoms with Crippen LogP contribution >= 0.6 is 0 Å². The molecule has 148 valence electrons. The molecule has 28 heavy (non-hydrogen) atoms. The molecular weight excluding hydrogens is 378 g/mol. The minimum absolute atomic E-state index is 0.0114. The first-order valence-electron chi connectivity index (χ1n) is 9.44. The summed E-state index contributed by atoms with van der Waals surface area (Å²) in [5.41, 5.74) is -0.175. The van der Waals surface area contributed by atoms with E-state index in [1.807, 2.05) is 36.4 Å². The number of sulfonamides is 1. The lowest BCUT2D eigenvalue weighted by molar-refractivity contribution is 0.0498. The van der Waals surface area contributed by atoms with Crippen LogP contribution in [0.25, 0.3) is 0 Å². The summed E-state index contributed by atoms with van der Waals surface area (Å²) in [4.78, 5) is 12.5. The Kier molecular flexibility index (Phi) is 5.12. The molecule has 7 heteroatoms. The van der Waals surface area contributed by atoms with Crippen LogP contribution < -0.4 is 9.47 Å². The Labute approximate surface area is 165 Å². The molecule has 0 bridgehead atoms. The van der Waals surface area contributed by atoms with E-state index in [1.54, 1.807) is 18.2 Å². The molecule has 2 heterocycles. The number of benzene rings is 2. The van der Waals surface area contributed by atoms with E-state index in [0.29, 0.717) is 37.3 Å². The first-order chi connectivity index (χ1) is 13.5. The fourth-order valence-electron chi connectivity index (χ4n) is 3.79. The third-order valence-electron chi connectivity index (χ3n) is 5.23. The summed E-state index contributed by atoms with van der Waals surface area (Å²) in [6, 6.07) is 16.5. The number of hydrogen-bond acceptors (Lipinski definition) is 5. The van der Waals surface area contributed by atoms with Crippen molar-refractivity contribution in [3.8, 4) is 11.5 Å². The van der Waals surface area contributed by atoms with E-state index >= 15 is 0 Å². The number of para-hydroxylation sites is 2. The van der Waals surface area contributed by atoms with E-state index in [2.05, 4.69) is 0 Å². The van der Waals surface area contributed by atoms with Gasteiger partial charge in [0.2, 0.25) is 10.0 Å². The molecule has 0 aromatic heterocycles. The lowest BCUT2D eigenvalue weighted by Crippen LogP contribution is -2.45. The SMILES string of the molecule is O=C1CC2(CCN(S(=O)(=O)CCCOc3ccccc3)C2)Oc2ccccc21. The molecule has 4 rings (SSSR count). The molecule has 0 aliphatic carbocycles. The number of carbonyl (C=O) groups excluding carboxylic acids is 1. The molecule has 2 aliphatic heterocycles. The van der Waals surface area contributed by atoms with Crippen molar-refractivity contribution in [1.82, 2.24) is 4.31 Å². The summed E-state index contributed by atoms with van der Waals surface area (Å²) in [6.07, 6.45) is 1.14. The monoisotopic (exact) mass is 401 g/mol. The number of ether oxygens (including phenoxy) is 2. The Balaban J connectivity index is 1.35. The van der Waals surface area contributed by atoms with Gasteiger partial charge < -0.3 is 9.47 Å². The van der Waals surface area contributed by atoms with Crippen LogP contribution in [0.4, 0.5) is 0 Å². The van der Waals surface area contributed by atoms with Gasteiger partial charge in [-0.15, -0.1) is 0 Å². The summed E-state index contributed by atoms with van der Waals surface area (Å²) in [7, 11) is -3.42. The highest BCUT2D eigenvalue weighted by Gasteiger charge is 2.48. The highest BCUT2D eigenvalue weighted by atomic mass is 32.2. The van der Waals surface area contributed by atoms with Gasteiger partial charge in [-0.05, 0) is 30.7 Å². The molecule has 0 N–H and O–H groups in total. The lowest BCUT2D eigenvalue weighted by atomic mass is 9.89. The number of fused-ring (bicyclic) bond motifs is 1. The second kappa shape index (κ2) is 7.56. The normalized spacial score (nSPS) is 22.1. The van der Waals surface area contributed by atoms with Crippen molar-refractivity contribution in [2.45, 2.75) is 24.9 Å². The first-order valence-corrected chi connectivity index (χ1v) is 11.1. The smallest absolute Gasteiger partial charge is 0.214 e. The molecule has 1 unspecified atom stereocenters. The van der Waals surface area contributed by atoms with Crippen molar-refractivity contribution in [3.05, 3.63) is 60.2 Å². The summed E-state index contributed by atoms with van der Waals surface area (Å²) in [5.74, 6) is 1.31. The highest BCUT2D eigenvalue weighted by Crippen LogP contribution is 2.39. The maximum atomic E-state index is 12.7. The largest absolute Gasteiger partial charge is 0.494 e. The number of nitrogens with zero attached hydrogens (tertiary/aromatic N) is 1. The molecule has 2 aliphatic rings. The zero-order valence-electron chi connectivity index (χ0n) is 15.5. The van der Waals surface area contributed by atoms with Gasteiger partial charge in [0.1, 0.15) is 17.1 Å². The Bertz CT molecular complexity index is 960. The topological polar surface area (TPSA) is 72.9 Å². The summed E-state index contributed by atoms with van der Waals surface area (Å²) >= 11 is 0. The zero-order chi connectivity index (χ0) is 19.6. The van der Waals surface area contributed by atoms with E-state index < -0.39 is 15.6 Å². The van der Waals surface area contributed by atoms with Crippen LogP contribution in [0.2, 0.25) is 0 Å². The summed E-state index contributed by atoms with van der Waals surface area (Å²) < 4.78 is 38.6. The maximum absolute atomic E-state index is 12.7. The molecular formula is C21H23NO5S. The number of rotatable bonds is 6. The second-order valence-corrected chi connectivity index (χ2v) is 9.38. The van der Waals surface area contributed by atoms with Gasteiger partial charge in [0.05, 0.1) is 30.9 Å². The highest BCUT2D eigenvalue weighted by molar-refractivity contribution is 7.89. The molecule has 1 fully saturated rings. The fourth-order valence-corrected chi connectivity index (χ4v) is 5.34. The Morgan fingerprint density at radius 1 is 1.07 bits per heavy atom. The van der Waals surface area contributed by atoms with E-state index in [1.165, 1.54) is 4.31 Å². The summed E-state index contributed by atoms with van der Waals surface area (Å²) in [5, 5.41) is 0. The molecule has 0 radical (unpaired) electrons. The standard InChI is InChI=1S/C21H23NO5S/c23-19-15-21(27-20-10-5-4-9-18(19)20)11-12-22(16-21)28(24,25)14-6-13-26-17-7-2-1-3-8-17/h1-5,7-10H,6,11-16H2. The average molecular weight is 401 g/mol.